The van der Waals surface area contributed by atoms with Gasteiger partial charge in [0, 0.05) is 19.1 Å². The van der Waals surface area contributed by atoms with Crippen molar-refractivity contribution in [3.63, 3.8) is 0 Å². The molecule has 0 aromatic heterocycles. The molecular formula is C20H25N2. The Morgan fingerprint density at radius 2 is 1.64 bits per heavy atom. The van der Waals surface area contributed by atoms with Crippen LogP contribution in [-0.2, 0) is 6.54 Å². The zero-order valence-corrected chi connectivity index (χ0v) is 13.2. The quantitative estimate of drug-likeness (QED) is 0.871. The Morgan fingerprint density at radius 1 is 0.955 bits per heavy atom. The first kappa shape index (κ1) is 15.3. The van der Waals surface area contributed by atoms with Gasteiger partial charge in [0.05, 0.1) is 0 Å². The molecule has 1 radical (unpaired) electrons. The molecule has 1 aliphatic rings. The maximum absolute atomic E-state index is 3.95. The average Bonchev–Trinajstić information content (AvgIpc) is 3.07. The Bertz CT molecular complexity index is 556. The van der Waals surface area contributed by atoms with E-state index >= 15 is 0 Å². The lowest BCUT2D eigenvalue weighted by Crippen LogP contribution is -2.33. The van der Waals surface area contributed by atoms with Crippen molar-refractivity contribution in [3.05, 3.63) is 78.2 Å². The second kappa shape index (κ2) is 7.57. The molecule has 3 rings (SSSR count). The van der Waals surface area contributed by atoms with Crippen LogP contribution in [0.2, 0.25) is 0 Å². The van der Waals surface area contributed by atoms with E-state index in [4.69, 9.17) is 0 Å². The van der Waals surface area contributed by atoms with Crippen LogP contribution < -0.4 is 5.32 Å². The zero-order chi connectivity index (χ0) is 15.2. The number of likely N-dealkylation sites (tertiary alicyclic amines) is 1. The van der Waals surface area contributed by atoms with Crippen LogP contribution in [0.15, 0.2) is 54.6 Å². The molecule has 1 N–H and O–H groups in total. The van der Waals surface area contributed by atoms with Gasteiger partial charge in [0.15, 0.2) is 0 Å². The number of rotatable bonds is 6. The first-order valence-corrected chi connectivity index (χ1v) is 8.23. The van der Waals surface area contributed by atoms with Crippen LogP contribution in [-0.4, -0.2) is 24.5 Å². The van der Waals surface area contributed by atoms with Crippen molar-refractivity contribution in [1.82, 2.24) is 10.2 Å². The van der Waals surface area contributed by atoms with Crippen LogP contribution in [0.5, 0.6) is 0 Å². The lowest BCUT2D eigenvalue weighted by atomic mass is 10.1. The van der Waals surface area contributed by atoms with Crippen molar-refractivity contribution < 1.29 is 0 Å². The normalized spacial score (nSPS) is 16.8. The molecule has 0 saturated carbocycles. The SMILES string of the molecule is [CH2]c1ccc(CNC(CN2CCCC2)c2ccccc2)cc1. The molecule has 2 aromatic rings. The van der Waals surface area contributed by atoms with Gasteiger partial charge in [-0.2, -0.15) is 0 Å². The lowest BCUT2D eigenvalue weighted by Gasteiger charge is -2.25. The van der Waals surface area contributed by atoms with Gasteiger partial charge in [-0.3, -0.25) is 0 Å². The monoisotopic (exact) mass is 293 g/mol. The van der Waals surface area contributed by atoms with Gasteiger partial charge < -0.3 is 10.2 Å². The standard InChI is InChI=1S/C20H25N2/c1-17-9-11-18(12-10-17)15-21-20(16-22-13-5-6-14-22)19-7-3-2-4-8-19/h2-4,7-12,20-21H,1,5-6,13-16H2. The highest BCUT2D eigenvalue weighted by Crippen LogP contribution is 2.18. The summed E-state index contributed by atoms with van der Waals surface area (Å²) in [4.78, 5) is 2.57. The number of hydrogen-bond acceptors (Lipinski definition) is 2. The average molecular weight is 293 g/mol. The Morgan fingerprint density at radius 3 is 2.32 bits per heavy atom. The Kier molecular flexibility index (Phi) is 5.25. The molecule has 1 aliphatic heterocycles. The van der Waals surface area contributed by atoms with E-state index in [2.05, 4.69) is 71.7 Å². The summed E-state index contributed by atoms with van der Waals surface area (Å²) >= 11 is 0. The third kappa shape index (κ3) is 4.19. The molecule has 22 heavy (non-hydrogen) atoms. The third-order valence-electron chi connectivity index (χ3n) is 4.42. The van der Waals surface area contributed by atoms with Crippen molar-refractivity contribution in [2.45, 2.75) is 25.4 Å². The summed E-state index contributed by atoms with van der Waals surface area (Å²) in [5, 5.41) is 3.74. The van der Waals surface area contributed by atoms with Crippen LogP contribution in [0.4, 0.5) is 0 Å². The van der Waals surface area contributed by atoms with Crippen molar-refractivity contribution >= 4 is 0 Å². The zero-order valence-electron chi connectivity index (χ0n) is 13.2. The van der Waals surface area contributed by atoms with Gasteiger partial charge in [-0.05, 0) is 49.5 Å². The highest BCUT2D eigenvalue weighted by atomic mass is 15.2. The van der Waals surface area contributed by atoms with E-state index in [0.29, 0.717) is 6.04 Å². The molecule has 1 heterocycles. The van der Waals surface area contributed by atoms with Crippen molar-refractivity contribution in [3.8, 4) is 0 Å². The van der Waals surface area contributed by atoms with Gasteiger partial charge in [0.2, 0.25) is 0 Å². The Balaban J connectivity index is 1.66. The Hall–Kier alpha value is -1.64. The van der Waals surface area contributed by atoms with Crippen molar-refractivity contribution in [2.75, 3.05) is 19.6 Å². The van der Waals surface area contributed by atoms with Crippen LogP contribution in [0, 0.1) is 6.92 Å². The van der Waals surface area contributed by atoms with Crippen LogP contribution in [0.1, 0.15) is 35.6 Å². The van der Waals surface area contributed by atoms with E-state index in [9.17, 15) is 0 Å². The lowest BCUT2D eigenvalue weighted by molar-refractivity contribution is 0.291. The molecule has 2 heteroatoms. The van der Waals surface area contributed by atoms with E-state index in [-0.39, 0.29) is 0 Å². The van der Waals surface area contributed by atoms with Gasteiger partial charge in [-0.15, -0.1) is 0 Å². The third-order valence-corrected chi connectivity index (χ3v) is 4.42. The van der Waals surface area contributed by atoms with Gasteiger partial charge in [-0.1, -0.05) is 54.6 Å². The first-order chi connectivity index (χ1) is 10.8. The largest absolute Gasteiger partial charge is 0.305 e. The summed E-state index contributed by atoms with van der Waals surface area (Å²) in [6.45, 7) is 8.41. The van der Waals surface area contributed by atoms with E-state index in [1.165, 1.54) is 37.1 Å². The van der Waals surface area contributed by atoms with Crippen LogP contribution >= 0.6 is 0 Å². The highest BCUT2D eigenvalue weighted by molar-refractivity contribution is 5.25. The van der Waals surface area contributed by atoms with E-state index in [1.54, 1.807) is 0 Å². The highest BCUT2D eigenvalue weighted by Gasteiger charge is 2.18. The topological polar surface area (TPSA) is 15.3 Å². The summed E-state index contributed by atoms with van der Waals surface area (Å²) in [5.41, 5.74) is 3.76. The van der Waals surface area contributed by atoms with Crippen molar-refractivity contribution in [2.24, 2.45) is 0 Å². The molecule has 2 nitrogen and oxygen atoms in total. The maximum Gasteiger partial charge on any atom is 0.0451 e. The van der Waals surface area contributed by atoms with E-state index < -0.39 is 0 Å². The minimum Gasteiger partial charge on any atom is -0.305 e. The summed E-state index contributed by atoms with van der Waals surface area (Å²) < 4.78 is 0. The predicted molar refractivity (Wildman–Crippen MR) is 92.6 cm³/mol. The molecule has 115 valence electrons. The number of nitrogens with one attached hydrogen (secondary N) is 1. The molecular weight excluding hydrogens is 268 g/mol. The molecule has 0 aliphatic carbocycles. The van der Waals surface area contributed by atoms with Gasteiger partial charge in [0.25, 0.3) is 0 Å². The van der Waals surface area contributed by atoms with Crippen LogP contribution in [0.3, 0.4) is 0 Å². The number of hydrogen-bond donors (Lipinski definition) is 1. The fourth-order valence-electron chi connectivity index (χ4n) is 3.09. The summed E-state index contributed by atoms with van der Waals surface area (Å²) in [6, 6.07) is 19.7. The molecule has 1 saturated heterocycles. The van der Waals surface area contributed by atoms with Crippen molar-refractivity contribution in [1.29, 1.82) is 0 Å². The molecule has 0 bridgehead atoms. The maximum atomic E-state index is 3.95. The van der Waals surface area contributed by atoms with Gasteiger partial charge in [0.1, 0.15) is 0 Å². The predicted octanol–water partition coefficient (Wildman–Crippen LogP) is 3.80. The summed E-state index contributed by atoms with van der Waals surface area (Å²) in [5.74, 6) is 0. The summed E-state index contributed by atoms with van der Waals surface area (Å²) in [6.07, 6.45) is 2.68. The van der Waals surface area contributed by atoms with E-state index in [1.807, 2.05) is 0 Å². The van der Waals surface area contributed by atoms with Gasteiger partial charge >= 0.3 is 0 Å². The number of nitrogens with zero attached hydrogens (tertiary/aromatic N) is 1. The second-order valence-corrected chi connectivity index (χ2v) is 6.17. The van der Waals surface area contributed by atoms with Gasteiger partial charge in [-0.25, -0.2) is 0 Å². The first-order valence-electron chi connectivity index (χ1n) is 8.23. The summed E-state index contributed by atoms with van der Waals surface area (Å²) in [7, 11) is 0. The second-order valence-electron chi connectivity index (χ2n) is 6.17. The van der Waals surface area contributed by atoms with Crippen LogP contribution in [0.25, 0.3) is 0 Å². The minimum absolute atomic E-state index is 0.388. The smallest absolute Gasteiger partial charge is 0.0451 e. The fourth-order valence-corrected chi connectivity index (χ4v) is 3.09. The molecule has 1 fully saturated rings. The molecule has 2 aromatic carbocycles. The molecule has 0 amide bonds. The fraction of sp³-hybridized carbons (Fsp3) is 0.350. The molecule has 1 unspecified atom stereocenters. The molecule has 0 spiro atoms. The molecule has 1 atom stereocenters. The Labute approximate surface area is 134 Å². The minimum atomic E-state index is 0.388. The van der Waals surface area contributed by atoms with E-state index in [0.717, 1.165) is 18.7 Å². The number of benzene rings is 2.